The maximum absolute atomic E-state index is 11.8. The van der Waals surface area contributed by atoms with Gasteiger partial charge in [0.25, 0.3) is 0 Å². The molecule has 2 aromatic rings. The number of rotatable bonds is 4. The molecule has 0 aromatic carbocycles. The van der Waals surface area contributed by atoms with Crippen molar-refractivity contribution in [3.8, 4) is 11.4 Å². The molecule has 0 N–H and O–H groups in total. The number of carbonyl (C=O) groups excluding carboxylic acids is 1. The standard InChI is InChI=1S/C17H23N5O/c1-4-9-22-17(7-8-18-22)15-11-14(19-12(2)20-15)16-6-5-10-21(16)13(3)23/h7-8,11,16H,4-6,9-10H2,1-3H3/t16-/m0/s1. The van der Waals surface area contributed by atoms with Gasteiger partial charge in [0.1, 0.15) is 5.82 Å². The van der Waals surface area contributed by atoms with Crippen LogP contribution in [0.3, 0.4) is 0 Å². The summed E-state index contributed by atoms with van der Waals surface area (Å²) in [6, 6.07) is 4.07. The van der Waals surface area contributed by atoms with Crippen LogP contribution in [0, 0.1) is 6.92 Å². The Morgan fingerprint density at radius 1 is 1.39 bits per heavy atom. The molecule has 0 bridgehead atoms. The minimum Gasteiger partial charge on any atom is -0.334 e. The van der Waals surface area contributed by atoms with Crippen LogP contribution in [0.1, 0.15) is 50.7 Å². The van der Waals surface area contributed by atoms with E-state index in [9.17, 15) is 4.79 Å². The zero-order chi connectivity index (χ0) is 16.4. The Kier molecular flexibility index (Phi) is 4.41. The Balaban J connectivity index is 1.99. The van der Waals surface area contributed by atoms with Gasteiger partial charge >= 0.3 is 0 Å². The quantitative estimate of drug-likeness (QED) is 0.870. The molecule has 3 rings (SSSR count). The largest absolute Gasteiger partial charge is 0.334 e. The second-order valence-electron chi connectivity index (χ2n) is 6.04. The second kappa shape index (κ2) is 6.48. The summed E-state index contributed by atoms with van der Waals surface area (Å²) in [6.45, 7) is 7.34. The van der Waals surface area contributed by atoms with Gasteiger partial charge in [-0.05, 0) is 38.3 Å². The third kappa shape index (κ3) is 3.11. The third-order valence-electron chi connectivity index (χ3n) is 4.27. The van der Waals surface area contributed by atoms with E-state index >= 15 is 0 Å². The first kappa shape index (κ1) is 15.6. The van der Waals surface area contributed by atoms with Gasteiger partial charge in [0.05, 0.1) is 23.1 Å². The maximum atomic E-state index is 11.8. The van der Waals surface area contributed by atoms with Crippen molar-refractivity contribution in [3.05, 3.63) is 29.8 Å². The number of nitrogens with zero attached hydrogens (tertiary/aromatic N) is 5. The summed E-state index contributed by atoms with van der Waals surface area (Å²) >= 11 is 0. The zero-order valence-corrected chi connectivity index (χ0v) is 14.0. The highest BCUT2D eigenvalue weighted by atomic mass is 16.2. The van der Waals surface area contributed by atoms with Crippen LogP contribution in [-0.4, -0.2) is 37.1 Å². The smallest absolute Gasteiger partial charge is 0.220 e. The van der Waals surface area contributed by atoms with Crippen LogP contribution in [-0.2, 0) is 11.3 Å². The van der Waals surface area contributed by atoms with Crippen molar-refractivity contribution in [2.45, 2.75) is 52.6 Å². The van der Waals surface area contributed by atoms with Gasteiger partial charge < -0.3 is 4.90 Å². The van der Waals surface area contributed by atoms with Crippen molar-refractivity contribution in [1.29, 1.82) is 0 Å². The van der Waals surface area contributed by atoms with Gasteiger partial charge in [-0.15, -0.1) is 0 Å². The van der Waals surface area contributed by atoms with Crippen molar-refractivity contribution in [1.82, 2.24) is 24.6 Å². The molecule has 6 heteroatoms. The predicted octanol–water partition coefficient (Wildman–Crippen LogP) is 2.74. The Bertz CT molecular complexity index is 709. The molecule has 0 spiro atoms. The van der Waals surface area contributed by atoms with Gasteiger partial charge in [0.15, 0.2) is 0 Å². The number of hydrogen-bond donors (Lipinski definition) is 0. The number of amides is 1. The molecule has 1 fully saturated rings. The summed E-state index contributed by atoms with van der Waals surface area (Å²) in [5, 5.41) is 4.37. The van der Waals surface area contributed by atoms with Crippen LogP contribution in [0.5, 0.6) is 0 Å². The van der Waals surface area contributed by atoms with E-state index in [1.165, 1.54) is 0 Å². The summed E-state index contributed by atoms with van der Waals surface area (Å²) in [6.07, 6.45) is 4.81. The molecule has 3 heterocycles. The lowest BCUT2D eigenvalue weighted by Gasteiger charge is -2.23. The van der Waals surface area contributed by atoms with E-state index in [1.807, 2.05) is 28.6 Å². The first-order chi connectivity index (χ1) is 11.1. The highest BCUT2D eigenvalue weighted by Gasteiger charge is 2.29. The molecule has 2 aromatic heterocycles. The molecule has 0 unspecified atom stereocenters. The monoisotopic (exact) mass is 313 g/mol. The number of carbonyl (C=O) groups is 1. The Morgan fingerprint density at radius 2 is 2.22 bits per heavy atom. The number of likely N-dealkylation sites (tertiary alicyclic amines) is 1. The molecule has 23 heavy (non-hydrogen) atoms. The van der Waals surface area contributed by atoms with Gasteiger partial charge in [-0.3, -0.25) is 9.48 Å². The molecule has 1 amide bonds. The number of hydrogen-bond acceptors (Lipinski definition) is 4. The minimum absolute atomic E-state index is 0.0653. The van der Waals surface area contributed by atoms with Crippen LogP contribution >= 0.6 is 0 Å². The van der Waals surface area contributed by atoms with Gasteiger partial charge in [-0.2, -0.15) is 5.10 Å². The van der Waals surface area contributed by atoms with Crippen molar-refractivity contribution in [3.63, 3.8) is 0 Å². The fourth-order valence-corrected chi connectivity index (χ4v) is 3.28. The first-order valence-corrected chi connectivity index (χ1v) is 8.25. The van der Waals surface area contributed by atoms with E-state index in [2.05, 4.69) is 22.0 Å². The van der Waals surface area contributed by atoms with Gasteiger partial charge in [-0.1, -0.05) is 6.92 Å². The number of aryl methyl sites for hydroxylation is 2. The molecule has 1 saturated heterocycles. The summed E-state index contributed by atoms with van der Waals surface area (Å²) in [7, 11) is 0. The van der Waals surface area contributed by atoms with E-state index in [4.69, 9.17) is 0 Å². The Hall–Kier alpha value is -2.24. The van der Waals surface area contributed by atoms with Gasteiger partial charge in [-0.25, -0.2) is 9.97 Å². The molecule has 0 radical (unpaired) electrons. The van der Waals surface area contributed by atoms with Crippen LogP contribution in [0.25, 0.3) is 11.4 Å². The lowest BCUT2D eigenvalue weighted by molar-refractivity contribution is -0.129. The molecule has 0 saturated carbocycles. The second-order valence-corrected chi connectivity index (χ2v) is 6.04. The van der Waals surface area contributed by atoms with Crippen LogP contribution in [0.15, 0.2) is 18.3 Å². The summed E-state index contributed by atoms with van der Waals surface area (Å²) < 4.78 is 1.98. The summed E-state index contributed by atoms with van der Waals surface area (Å²) in [4.78, 5) is 22.9. The molecule has 1 aliphatic heterocycles. The highest BCUT2D eigenvalue weighted by molar-refractivity contribution is 5.74. The molecule has 1 atom stereocenters. The summed E-state index contributed by atoms with van der Waals surface area (Å²) in [5.41, 5.74) is 2.82. The van der Waals surface area contributed by atoms with E-state index in [0.29, 0.717) is 0 Å². The lowest BCUT2D eigenvalue weighted by Crippen LogP contribution is -2.28. The highest BCUT2D eigenvalue weighted by Crippen LogP contribution is 2.32. The Morgan fingerprint density at radius 3 is 2.96 bits per heavy atom. The molecule has 0 aliphatic carbocycles. The van der Waals surface area contributed by atoms with Gasteiger partial charge in [0.2, 0.25) is 5.91 Å². The number of aromatic nitrogens is 4. The average Bonchev–Trinajstić information content (AvgIpc) is 3.16. The fraction of sp³-hybridized carbons (Fsp3) is 0.529. The molecule has 6 nitrogen and oxygen atoms in total. The summed E-state index contributed by atoms with van der Waals surface area (Å²) in [5.74, 6) is 0.846. The van der Waals surface area contributed by atoms with Crippen molar-refractivity contribution in [2.24, 2.45) is 0 Å². The maximum Gasteiger partial charge on any atom is 0.220 e. The normalized spacial score (nSPS) is 17.7. The molecular weight excluding hydrogens is 290 g/mol. The predicted molar refractivity (Wildman–Crippen MR) is 87.6 cm³/mol. The van der Waals surface area contributed by atoms with E-state index in [-0.39, 0.29) is 11.9 Å². The van der Waals surface area contributed by atoms with E-state index < -0.39 is 0 Å². The van der Waals surface area contributed by atoms with Crippen LogP contribution in [0.2, 0.25) is 0 Å². The van der Waals surface area contributed by atoms with Crippen molar-refractivity contribution >= 4 is 5.91 Å². The van der Waals surface area contributed by atoms with E-state index in [0.717, 1.165) is 55.3 Å². The third-order valence-corrected chi connectivity index (χ3v) is 4.27. The SMILES string of the molecule is CCCn1nccc1-c1cc([C@@H]2CCCN2C(C)=O)nc(C)n1. The fourth-order valence-electron chi connectivity index (χ4n) is 3.28. The first-order valence-electron chi connectivity index (χ1n) is 8.25. The van der Waals surface area contributed by atoms with Crippen LogP contribution in [0.4, 0.5) is 0 Å². The Labute approximate surface area is 136 Å². The molecular formula is C17H23N5O. The zero-order valence-electron chi connectivity index (χ0n) is 14.0. The van der Waals surface area contributed by atoms with E-state index in [1.54, 1.807) is 13.1 Å². The minimum atomic E-state index is 0.0653. The average molecular weight is 313 g/mol. The van der Waals surface area contributed by atoms with Gasteiger partial charge in [0, 0.05) is 26.2 Å². The lowest BCUT2D eigenvalue weighted by atomic mass is 10.1. The van der Waals surface area contributed by atoms with Crippen LogP contribution < -0.4 is 0 Å². The molecule has 122 valence electrons. The molecule has 1 aliphatic rings. The van der Waals surface area contributed by atoms with Crippen molar-refractivity contribution < 1.29 is 4.79 Å². The van der Waals surface area contributed by atoms with Crippen molar-refractivity contribution in [2.75, 3.05) is 6.54 Å². The topological polar surface area (TPSA) is 63.9 Å².